The summed E-state index contributed by atoms with van der Waals surface area (Å²) >= 11 is 0.564. The molecule has 0 aliphatic carbocycles. The molecule has 0 aromatic carbocycles. The molecule has 0 radical (unpaired) electrons. The minimum absolute atomic E-state index is 0.111. The first-order valence-electron chi connectivity index (χ1n) is 7.41. The number of amides is 1. The van der Waals surface area contributed by atoms with E-state index in [2.05, 4.69) is 10.1 Å². The van der Waals surface area contributed by atoms with Crippen molar-refractivity contribution in [3.05, 3.63) is 0 Å². The number of ether oxygens (including phenoxy) is 2. The molecule has 136 valence electrons. The van der Waals surface area contributed by atoms with Crippen LogP contribution < -0.4 is 5.32 Å². The third-order valence-electron chi connectivity index (χ3n) is 2.89. The van der Waals surface area contributed by atoms with E-state index < -0.39 is 40.5 Å². The Morgan fingerprint density at radius 1 is 1.08 bits per heavy atom. The number of carbonyl (C=O) groups is 5. The number of nitrogens with one attached hydrogen (secondary N) is 1. The lowest BCUT2D eigenvalue weighted by Gasteiger charge is -2.23. The number of Topliss-reactive ketones (excluding diaryl/α,β-unsaturated/α-hetero) is 1. The van der Waals surface area contributed by atoms with Crippen LogP contribution in [0.1, 0.15) is 34.1 Å². The van der Waals surface area contributed by atoms with Gasteiger partial charge < -0.3 is 14.8 Å². The second kappa shape index (κ2) is 10.8. The molecule has 0 bridgehead atoms. The van der Waals surface area contributed by atoms with Gasteiger partial charge in [-0.25, -0.2) is 4.79 Å². The molecule has 2 unspecified atom stereocenters. The molecule has 0 saturated heterocycles. The summed E-state index contributed by atoms with van der Waals surface area (Å²) in [7, 11) is 1.11. The van der Waals surface area contributed by atoms with Gasteiger partial charge in [0.2, 0.25) is 11.7 Å². The number of esters is 2. The zero-order valence-corrected chi connectivity index (χ0v) is 15.2. The first-order valence-corrected chi connectivity index (χ1v) is 8.29. The highest BCUT2D eigenvalue weighted by atomic mass is 32.2. The monoisotopic (exact) mass is 361 g/mol. The van der Waals surface area contributed by atoms with E-state index in [1.807, 2.05) is 0 Å². The summed E-state index contributed by atoms with van der Waals surface area (Å²) < 4.78 is 9.21. The first-order chi connectivity index (χ1) is 11.1. The van der Waals surface area contributed by atoms with Crippen molar-refractivity contribution >= 4 is 40.5 Å². The molecule has 1 amide bonds. The molecule has 1 N–H and O–H groups in total. The van der Waals surface area contributed by atoms with Crippen molar-refractivity contribution in [2.75, 3.05) is 13.7 Å². The molecule has 0 aromatic rings. The maximum absolute atomic E-state index is 12.0. The van der Waals surface area contributed by atoms with Crippen LogP contribution in [0.4, 0.5) is 0 Å². The largest absolute Gasteiger partial charge is 0.469 e. The Labute approximate surface area is 145 Å². The molecule has 24 heavy (non-hydrogen) atoms. The molecule has 0 rings (SSSR count). The van der Waals surface area contributed by atoms with Gasteiger partial charge in [-0.05, 0) is 6.92 Å². The maximum Gasteiger partial charge on any atom is 0.329 e. The number of methoxy groups -OCH3 is 1. The zero-order chi connectivity index (χ0) is 18.9. The SMILES string of the molecule is CCOC(=O)C(NC(=O)C(C)C)C(C)SC(=O)C(=O)CC(=O)OC. The van der Waals surface area contributed by atoms with Gasteiger partial charge in [-0.3, -0.25) is 19.2 Å². The molecule has 9 heteroatoms. The molecule has 0 spiro atoms. The van der Waals surface area contributed by atoms with Gasteiger partial charge in [-0.2, -0.15) is 0 Å². The average Bonchev–Trinajstić information content (AvgIpc) is 2.51. The summed E-state index contributed by atoms with van der Waals surface area (Å²) in [4.78, 5) is 58.3. The fourth-order valence-electron chi connectivity index (χ4n) is 1.50. The molecular weight excluding hydrogens is 338 g/mol. The molecule has 0 heterocycles. The fraction of sp³-hybridized carbons (Fsp3) is 0.667. The maximum atomic E-state index is 12.0. The van der Waals surface area contributed by atoms with E-state index in [4.69, 9.17) is 4.74 Å². The van der Waals surface area contributed by atoms with Gasteiger partial charge in [0.1, 0.15) is 12.5 Å². The summed E-state index contributed by atoms with van der Waals surface area (Å²) in [6.45, 7) is 6.54. The molecule has 0 saturated carbocycles. The van der Waals surface area contributed by atoms with Crippen molar-refractivity contribution in [1.82, 2.24) is 5.32 Å². The van der Waals surface area contributed by atoms with Crippen molar-refractivity contribution in [2.45, 2.75) is 45.4 Å². The lowest BCUT2D eigenvalue weighted by atomic mass is 10.1. The topological polar surface area (TPSA) is 116 Å². The molecule has 0 aromatic heterocycles. The molecule has 0 fully saturated rings. The van der Waals surface area contributed by atoms with Crippen LogP contribution in [0, 0.1) is 5.92 Å². The summed E-state index contributed by atoms with van der Waals surface area (Å²) in [6, 6.07) is -1.08. The van der Waals surface area contributed by atoms with Crippen molar-refractivity contribution < 1.29 is 33.4 Å². The number of hydrogen-bond acceptors (Lipinski definition) is 8. The lowest BCUT2D eigenvalue weighted by molar-refractivity contribution is -0.148. The second-order valence-electron chi connectivity index (χ2n) is 5.18. The minimum atomic E-state index is -1.08. The van der Waals surface area contributed by atoms with E-state index in [1.54, 1.807) is 20.8 Å². The highest BCUT2D eigenvalue weighted by Gasteiger charge is 2.32. The van der Waals surface area contributed by atoms with Gasteiger partial charge in [0, 0.05) is 11.2 Å². The molecule has 0 aliphatic heterocycles. The molecular formula is C15H23NO7S. The highest BCUT2D eigenvalue weighted by Crippen LogP contribution is 2.18. The van der Waals surface area contributed by atoms with Gasteiger partial charge in [0.25, 0.3) is 5.12 Å². The summed E-state index contributed by atoms with van der Waals surface area (Å²) in [6.07, 6.45) is -0.669. The van der Waals surface area contributed by atoms with E-state index in [-0.39, 0.29) is 18.4 Å². The smallest absolute Gasteiger partial charge is 0.329 e. The lowest BCUT2D eigenvalue weighted by Crippen LogP contribution is -2.49. The minimum Gasteiger partial charge on any atom is -0.469 e. The van der Waals surface area contributed by atoms with E-state index in [9.17, 15) is 24.0 Å². The van der Waals surface area contributed by atoms with Crippen LogP contribution in [0.15, 0.2) is 0 Å². The van der Waals surface area contributed by atoms with E-state index in [1.165, 1.54) is 6.92 Å². The van der Waals surface area contributed by atoms with Crippen molar-refractivity contribution in [3.63, 3.8) is 0 Å². The summed E-state index contributed by atoms with van der Waals surface area (Å²) in [5.41, 5.74) is 0. The van der Waals surface area contributed by atoms with Crippen LogP contribution >= 0.6 is 11.8 Å². The van der Waals surface area contributed by atoms with E-state index in [0.29, 0.717) is 11.8 Å². The average molecular weight is 361 g/mol. The van der Waals surface area contributed by atoms with Gasteiger partial charge in [0.05, 0.1) is 13.7 Å². The van der Waals surface area contributed by atoms with Gasteiger partial charge >= 0.3 is 11.9 Å². The van der Waals surface area contributed by atoms with Crippen LogP contribution in [-0.2, 0) is 33.4 Å². The van der Waals surface area contributed by atoms with Crippen LogP contribution in [-0.4, -0.2) is 53.8 Å². The zero-order valence-electron chi connectivity index (χ0n) is 14.4. The van der Waals surface area contributed by atoms with Crippen molar-refractivity contribution in [2.24, 2.45) is 5.92 Å². The van der Waals surface area contributed by atoms with Crippen molar-refractivity contribution in [1.29, 1.82) is 0 Å². The van der Waals surface area contributed by atoms with Gasteiger partial charge in [-0.15, -0.1) is 0 Å². The standard InChI is InChI=1S/C15H23NO7S/c1-6-23-14(20)12(16-13(19)8(2)3)9(4)24-15(21)10(17)7-11(18)22-5/h8-9,12H,6-7H2,1-5H3,(H,16,19). The number of carbonyl (C=O) groups excluding carboxylic acids is 5. The Balaban J connectivity index is 4.97. The van der Waals surface area contributed by atoms with E-state index >= 15 is 0 Å². The molecule has 8 nitrogen and oxygen atoms in total. The third-order valence-corrected chi connectivity index (χ3v) is 3.97. The van der Waals surface area contributed by atoms with E-state index in [0.717, 1.165) is 7.11 Å². The fourth-order valence-corrected chi connectivity index (χ4v) is 2.35. The summed E-state index contributed by atoms with van der Waals surface area (Å²) in [5, 5.41) is 0.870. The van der Waals surface area contributed by atoms with Crippen LogP contribution in [0.3, 0.4) is 0 Å². The Morgan fingerprint density at radius 2 is 1.67 bits per heavy atom. The van der Waals surface area contributed by atoms with Gasteiger partial charge in [0.15, 0.2) is 0 Å². The Kier molecular flexibility index (Phi) is 9.94. The normalized spacial score (nSPS) is 12.9. The molecule has 2 atom stereocenters. The van der Waals surface area contributed by atoms with Crippen LogP contribution in [0.2, 0.25) is 0 Å². The van der Waals surface area contributed by atoms with Crippen LogP contribution in [0.25, 0.3) is 0 Å². The van der Waals surface area contributed by atoms with Crippen molar-refractivity contribution in [3.8, 4) is 0 Å². The first kappa shape index (κ1) is 22.1. The molecule has 0 aliphatic rings. The second-order valence-corrected chi connectivity index (χ2v) is 6.53. The Hall–Kier alpha value is -1.90. The number of hydrogen-bond donors (Lipinski definition) is 1. The number of rotatable bonds is 9. The Morgan fingerprint density at radius 3 is 2.12 bits per heavy atom. The third kappa shape index (κ3) is 7.58. The highest BCUT2D eigenvalue weighted by molar-refractivity contribution is 8.16. The number of thioether (sulfide) groups is 1. The Bertz CT molecular complexity index is 504. The quantitative estimate of drug-likeness (QED) is 0.358. The predicted molar refractivity (Wildman–Crippen MR) is 87.1 cm³/mol. The van der Waals surface area contributed by atoms with Crippen LogP contribution in [0.5, 0.6) is 0 Å². The van der Waals surface area contributed by atoms with Gasteiger partial charge in [-0.1, -0.05) is 32.5 Å². The number of ketones is 1. The summed E-state index contributed by atoms with van der Waals surface area (Å²) in [5.74, 6) is -3.20. The predicted octanol–water partition coefficient (Wildman–Crippen LogP) is 0.471.